The lowest BCUT2D eigenvalue weighted by Crippen LogP contribution is -2.37. The van der Waals surface area contributed by atoms with Crippen LogP contribution in [0.4, 0.5) is 0 Å². The Bertz CT molecular complexity index is 326. The number of rotatable bonds is 6. The van der Waals surface area contributed by atoms with Crippen molar-refractivity contribution in [2.75, 3.05) is 13.6 Å². The second kappa shape index (κ2) is 5.80. The predicted molar refractivity (Wildman–Crippen MR) is 67.7 cm³/mol. The monoisotopic (exact) mass is 219 g/mol. The minimum Gasteiger partial charge on any atom is -0.319 e. The van der Waals surface area contributed by atoms with Crippen LogP contribution in [0.1, 0.15) is 37.0 Å². The number of carbonyl (C=O) groups is 1. The molecule has 16 heavy (non-hydrogen) atoms. The molecule has 2 heteroatoms. The van der Waals surface area contributed by atoms with Crippen molar-refractivity contribution in [1.29, 1.82) is 0 Å². The number of hydrogen-bond donors (Lipinski definition) is 1. The maximum Gasteiger partial charge on any atom is 0.169 e. The fourth-order valence-electron chi connectivity index (χ4n) is 2.16. The molecule has 88 valence electrons. The van der Waals surface area contributed by atoms with E-state index in [2.05, 4.69) is 12.2 Å². The van der Waals surface area contributed by atoms with E-state index in [1.165, 1.54) is 0 Å². The predicted octanol–water partition coefficient (Wildman–Crippen LogP) is 2.90. The third kappa shape index (κ3) is 2.92. The van der Waals surface area contributed by atoms with Gasteiger partial charge in [0.2, 0.25) is 0 Å². The van der Waals surface area contributed by atoms with E-state index in [4.69, 9.17) is 0 Å². The molecule has 0 spiro atoms. The number of benzene rings is 1. The van der Waals surface area contributed by atoms with E-state index >= 15 is 0 Å². The van der Waals surface area contributed by atoms with Gasteiger partial charge in [-0.05, 0) is 13.5 Å². The van der Waals surface area contributed by atoms with Crippen LogP contribution in [0.5, 0.6) is 0 Å². The van der Waals surface area contributed by atoms with Gasteiger partial charge in [0.25, 0.3) is 0 Å². The molecule has 2 nitrogen and oxygen atoms in total. The van der Waals surface area contributed by atoms with Crippen LogP contribution in [-0.2, 0) is 0 Å². The smallest absolute Gasteiger partial charge is 0.169 e. The summed E-state index contributed by atoms with van der Waals surface area (Å²) < 4.78 is 0. The van der Waals surface area contributed by atoms with Gasteiger partial charge in [-0.15, -0.1) is 0 Å². The van der Waals surface area contributed by atoms with E-state index in [-0.39, 0.29) is 11.2 Å². The second-order valence-corrected chi connectivity index (χ2v) is 4.54. The van der Waals surface area contributed by atoms with Gasteiger partial charge < -0.3 is 5.32 Å². The summed E-state index contributed by atoms with van der Waals surface area (Å²) in [5, 5.41) is 3.12. The van der Waals surface area contributed by atoms with E-state index in [9.17, 15) is 4.79 Å². The SMILES string of the molecule is CCCC(C)(CNC)C(=O)c1ccccc1. The van der Waals surface area contributed by atoms with Crippen LogP contribution >= 0.6 is 0 Å². The van der Waals surface area contributed by atoms with Gasteiger partial charge in [-0.1, -0.05) is 50.6 Å². The first-order valence-corrected chi connectivity index (χ1v) is 5.88. The zero-order valence-corrected chi connectivity index (χ0v) is 10.4. The molecule has 0 saturated carbocycles. The molecule has 0 bridgehead atoms. The highest BCUT2D eigenvalue weighted by Gasteiger charge is 2.31. The van der Waals surface area contributed by atoms with E-state index in [1.807, 2.05) is 44.3 Å². The largest absolute Gasteiger partial charge is 0.319 e. The first-order chi connectivity index (χ1) is 7.64. The summed E-state index contributed by atoms with van der Waals surface area (Å²) in [5.41, 5.74) is 0.527. The molecule has 0 aliphatic heterocycles. The van der Waals surface area contributed by atoms with Gasteiger partial charge in [0.1, 0.15) is 0 Å². The van der Waals surface area contributed by atoms with Crippen LogP contribution in [0.15, 0.2) is 30.3 Å². The Balaban J connectivity index is 2.91. The van der Waals surface area contributed by atoms with Crippen molar-refractivity contribution < 1.29 is 4.79 Å². The molecule has 1 aromatic carbocycles. The summed E-state index contributed by atoms with van der Waals surface area (Å²) in [6.45, 7) is 4.89. The van der Waals surface area contributed by atoms with Crippen molar-refractivity contribution >= 4 is 5.78 Å². The number of Topliss-reactive ketones (excluding diaryl/α,β-unsaturated/α-hetero) is 1. The van der Waals surface area contributed by atoms with Gasteiger partial charge in [-0.3, -0.25) is 4.79 Å². The van der Waals surface area contributed by atoms with Gasteiger partial charge >= 0.3 is 0 Å². The Morgan fingerprint density at radius 2 is 1.94 bits per heavy atom. The van der Waals surface area contributed by atoms with Gasteiger partial charge in [-0.2, -0.15) is 0 Å². The summed E-state index contributed by atoms with van der Waals surface area (Å²) in [5.74, 6) is 0.240. The Labute approximate surface area is 98.1 Å². The van der Waals surface area contributed by atoms with Crippen LogP contribution in [0.25, 0.3) is 0 Å². The molecule has 0 aliphatic carbocycles. The van der Waals surface area contributed by atoms with Crippen LogP contribution in [-0.4, -0.2) is 19.4 Å². The summed E-state index contributed by atoms with van der Waals surface area (Å²) in [4.78, 5) is 12.4. The van der Waals surface area contributed by atoms with Gasteiger partial charge in [0.05, 0.1) is 0 Å². The normalized spacial score (nSPS) is 14.4. The highest BCUT2D eigenvalue weighted by Crippen LogP contribution is 2.27. The maximum absolute atomic E-state index is 12.4. The van der Waals surface area contributed by atoms with Crippen molar-refractivity contribution in [3.63, 3.8) is 0 Å². The molecule has 0 aromatic heterocycles. The minimum atomic E-state index is -0.287. The zero-order valence-electron chi connectivity index (χ0n) is 10.4. The molecule has 1 N–H and O–H groups in total. The Hall–Kier alpha value is -1.15. The topological polar surface area (TPSA) is 29.1 Å². The Morgan fingerprint density at radius 3 is 2.44 bits per heavy atom. The van der Waals surface area contributed by atoms with Crippen LogP contribution in [0.2, 0.25) is 0 Å². The number of nitrogens with one attached hydrogen (secondary N) is 1. The average molecular weight is 219 g/mol. The molecule has 1 unspecified atom stereocenters. The zero-order chi connectivity index (χ0) is 12.0. The molecule has 1 rings (SSSR count). The lowest BCUT2D eigenvalue weighted by molar-refractivity contribution is 0.0801. The molecule has 0 saturated heterocycles. The molecule has 0 fully saturated rings. The summed E-state index contributed by atoms with van der Waals surface area (Å²) >= 11 is 0. The maximum atomic E-state index is 12.4. The van der Waals surface area contributed by atoms with Crippen molar-refractivity contribution in [1.82, 2.24) is 5.32 Å². The van der Waals surface area contributed by atoms with Crippen LogP contribution in [0.3, 0.4) is 0 Å². The quantitative estimate of drug-likeness (QED) is 0.745. The molecule has 0 aliphatic rings. The third-order valence-electron chi connectivity index (χ3n) is 2.95. The van der Waals surface area contributed by atoms with Crippen molar-refractivity contribution in [3.8, 4) is 0 Å². The summed E-state index contributed by atoms with van der Waals surface area (Å²) in [6.07, 6.45) is 1.94. The Kier molecular flexibility index (Phi) is 4.69. The highest BCUT2D eigenvalue weighted by molar-refractivity contribution is 6.00. The molecule has 1 atom stereocenters. The standard InChI is InChI=1S/C14H21NO/c1-4-10-14(2,11-15-3)13(16)12-8-6-5-7-9-12/h5-9,15H,4,10-11H2,1-3H3. The summed E-state index contributed by atoms with van der Waals surface area (Å²) in [7, 11) is 1.90. The molecule has 0 radical (unpaired) electrons. The molecular weight excluding hydrogens is 198 g/mol. The minimum absolute atomic E-state index is 0.240. The first-order valence-electron chi connectivity index (χ1n) is 5.88. The lowest BCUT2D eigenvalue weighted by Gasteiger charge is -2.27. The number of carbonyl (C=O) groups excluding carboxylic acids is 1. The lowest BCUT2D eigenvalue weighted by atomic mass is 9.78. The van der Waals surface area contributed by atoms with Crippen LogP contribution < -0.4 is 5.32 Å². The van der Waals surface area contributed by atoms with Crippen LogP contribution in [0, 0.1) is 5.41 Å². The Morgan fingerprint density at radius 1 is 1.31 bits per heavy atom. The molecule has 0 heterocycles. The van der Waals surface area contributed by atoms with Gasteiger partial charge in [0.15, 0.2) is 5.78 Å². The number of ketones is 1. The van der Waals surface area contributed by atoms with Gasteiger partial charge in [0, 0.05) is 17.5 Å². The van der Waals surface area contributed by atoms with E-state index in [0.717, 1.165) is 24.9 Å². The first kappa shape index (κ1) is 12.9. The van der Waals surface area contributed by atoms with Crippen molar-refractivity contribution in [3.05, 3.63) is 35.9 Å². The fourth-order valence-corrected chi connectivity index (χ4v) is 2.16. The second-order valence-electron chi connectivity index (χ2n) is 4.54. The average Bonchev–Trinajstić information content (AvgIpc) is 2.30. The van der Waals surface area contributed by atoms with Crippen molar-refractivity contribution in [2.45, 2.75) is 26.7 Å². The molecular formula is C14H21NO. The van der Waals surface area contributed by atoms with Gasteiger partial charge in [-0.25, -0.2) is 0 Å². The van der Waals surface area contributed by atoms with Crippen molar-refractivity contribution in [2.24, 2.45) is 5.41 Å². The molecule has 0 amide bonds. The van der Waals surface area contributed by atoms with E-state index < -0.39 is 0 Å². The molecule has 1 aromatic rings. The third-order valence-corrected chi connectivity index (χ3v) is 2.95. The van der Waals surface area contributed by atoms with E-state index in [0.29, 0.717) is 0 Å². The fraction of sp³-hybridized carbons (Fsp3) is 0.500. The summed E-state index contributed by atoms with van der Waals surface area (Å²) in [6, 6.07) is 9.56. The van der Waals surface area contributed by atoms with E-state index in [1.54, 1.807) is 0 Å². The number of hydrogen-bond acceptors (Lipinski definition) is 2. The highest BCUT2D eigenvalue weighted by atomic mass is 16.1.